The Morgan fingerprint density at radius 3 is 2.94 bits per heavy atom. The molecule has 0 spiro atoms. The number of rotatable bonds is 3. The summed E-state index contributed by atoms with van der Waals surface area (Å²) in [4.78, 5) is 2.19. The van der Waals surface area contributed by atoms with Crippen LogP contribution in [0.4, 0.5) is 0 Å². The zero-order chi connectivity index (χ0) is 11.4. The van der Waals surface area contributed by atoms with Crippen molar-refractivity contribution >= 4 is 0 Å². The van der Waals surface area contributed by atoms with Crippen molar-refractivity contribution in [3.8, 4) is 12.3 Å². The molecule has 1 unspecified atom stereocenters. The Balaban J connectivity index is 1.95. The summed E-state index contributed by atoms with van der Waals surface area (Å²) in [5.74, 6) is 2.67. The van der Waals surface area contributed by atoms with Crippen LogP contribution in [0.25, 0.3) is 0 Å². The molecule has 1 atom stereocenters. The summed E-state index contributed by atoms with van der Waals surface area (Å²) in [5, 5.41) is 3.55. The van der Waals surface area contributed by atoms with Crippen LogP contribution < -0.4 is 5.32 Å². The summed E-state index contributed by atoms with van der Waals surface area (Å²) >= 11 is 0. The largest absolute Gasteiger partial charge is 0.308 e. The van der Waals surface area contributed by atoms with Crippen molar-refractivity contribution < 1.29 is 0 Å². The summed E-state index contributed by atoms with van der Waals surface area (Å²) in [5.41, 5.74) is 2.90. The van der Waals surface area contributed by atoms with Gasteiger partial charge in [0.05, 0.1) is 6.54 Å². The maximum atomic E-state index is 5.30. The third-order valence-corrected chi connectivity index (χ3v) is 3.06. The van der Waals surface area contributed by atoms with E-state index in [9.17, 15) is 0 Å². The van der Waals surface area contributed by atoms with Crippen molar-refractivity contribution in [1.29, 1.82) is 0 Å². The highest BCUT2D eigenvalue weighted by Gasteiger charge is 2.18. The predicted octanol–water partition coefficient (Wildman–Crippen LogP) is 1.27. The van der Waals surface area contributed by atoms with E-state index in [0.717, 1.165) is 26.1 Å². The molecule has 1 aliphatic heterocycles. The minimum absolute atomic E-state index is 0.522. The Labute approximate surface area is 97.7 Å². The van der Waals surface area contributed by atoms with E-state index in [1.807, 2.05) is 0 Å². The van der Waals surface area contributed by atoms with E-state index in [2.05, 4.69) is 47.5 Å². The van der Waals surface area contributed by atoms with Crippen molar-refractivity contribution in [2.45, 2.75) is 19.0 Å². The third-order valence-electron chi connectivity index (χ3n) is 3.06. The molecule has 0 fully saturated rings. The Kier molecular flexibility index (Phi) is 3.61. The van der Waals surface area contributed by atoms with Gasteiger partial charge in [0.1, 0.15) is 0 Å². The van der Waals surface area contributed by atoms with Gasteiger partial charge in [-0.15, -0.1) is 6.42 Å². The monoisotopic (exact) mass is 214 g/mol. The molecular weight excluding hydrogens is 196 g/mol. The molecule has 0 saturated heterocycles. The van der Waals surface area contributed by atoms with Gasteiger partial charge in [-0.3, -0.25) is 4.90 Å². The van der Waals surface area contributed by atoms with Gasteiger partial charge in [0.25, 0.3) is 0 Å². The fraction of sp³-hybridized carbons (Fsp3) is 0.429. The molecule has 1 aliphatic rings. The van der Waals surface area contributed by atoms with E-state index in [0.29, 0.717) is 6.04 Å². The van der Waals surface area contributed by atoms with Crippen molar-refractivity contribution in [1.82, 2.24) is 10.2 Å². The molecule has 2 heteroatoms. The van der Waals surface area contributed by atoms with E-state index in [1.54, 1.807) is 0 Å². The molecule has 1 heterocycles. The van der Waals surface area contributed by atoms with Gasteiger partial charge in [-0.25, -0.2) is 0 Å². The van der Waals surface area contributed by atoms with Gasteiger partial charge in [0.2, 0.25) is 0 Å². The number of hydrogen-bond acceptors (Lipinski definition) is 2. The molecule has 16 heavy (non-hydrogen) atoms. The fourth-order valence-corrected chi connectivity index (χ4v) is 2.25. The highest BCUT2D eigenvalue weighted by Crippen LogP contribution is 2.16. The SMILES string of the molecule is C#CCN(C)CC1Cc2ccccc2CN1. The van der Waals surface area contributed by atoms with Gasteiger partial charge in [-0.1, -0.05) is 30.2 Å². The smallest absolute Gasteiger partial charge is 0.0596 e. The molecule has 0 aliphatic carbocycles. The first-order chi connectivity index (χ1) is 7.79. The van der Waals surface area contributed by atoms with Gasteiger partial charge in [-0.2, -0.15) is 0 Å². The summed E-state index contributed by atoms with van der Waals surface area (Å²) in [6.45, 7) is 2.71. The minimum Gasteiger partial charge on any atom is -0.308 e. The van der Waals surface area contributed by atoms with Crippen LogP contribution in [0, 0.1) is 12.3 Å². The summed E-state index contributed by atoms with van der Waals surface area (Å²) in [6, 6.07) is 9.17. The maximum absolute atomic E-state index is 5.30. The van der Waals surface area contributed by atoms with E-state index in [1.165, 1.54) is 11.1 Å². The molecule has 0 aromatic heterocycles. The van der Waals surface area contributed by atoms with Crippen molar-refractivity contribution in [2.24, 2.45) is 0 Å². The quantitative estimate of drug-likeness (QED) is 0.762. The van der Waals surface area contributed by atoms with Crippen LogP contribution in [0.5, 0.6) is 0 Å². The van der Waals surface area contributed by atoms with Gasteiger partial charge in [0, 0.05) is 19.1 Å². The number of hydrogen-bond donors (Lipinski definition) is 1. The van der Waals surface area contributed by atoms with Gasteiger partial charge < -0.3 is 5.32 Å². The lowest BCUT2D eigenvalue weighted by Gasteiger charge is -2.29. The average Bonchev–Trinajstić information content (AvgIpc) is 2.29. The number of fused-ring (bicyclic) bond motifs is 1. The van der Waals surface area contributed by atoms with Gasteiger partial charge in [-0.05, 0) is 24.6 Å². The normalized spacial score (nSPS) is 19.2. The number of nitrogens with zero attached hydrogens (tertiary/aromatic N) is 1. The van der Waals surface area contributed by atoms with E-state index < -0.39 is 0 Å². The standard InChI is InChI=1S/C14H18N2/c1-3-8-16(2)11-14-9-12-6-4-5-7-13(12)10-15-14/h1,4-7,14-15H,8-11H2,2H3. The van der Waals surface area contributed by atoms with Crippen LogP contribution >= 0.6 is 0 Å². The summed E-state index contributed by atoms with van der Waals surface area (Å²) in [6.07, 6.45) is 6.40. The molecule has 1 aromatic carbocycles. The van der Waals surface area contributed by atoms with Gasteiger partial charge >= 0.3 is 0 Å². The molecule has 2 nitrogen and oxygen atoms in total. The lowest BCUT2D eigenvalue weighted by molar-refractivity contribution is 0.306. The first-order valence-corrected chi connectivity index (χ1v) is 5.72. The van der Waals surface area contributed by atoms with Crippen LogP contribution in [-0.2, 0) is 13.0 Å². The zero-order valence-electron chi connectivity index (χ0n) is 9.74. The van der Waals surface area contributed by atoms with Crippen LogP contribution in [0.15, 0.2) is 24.3 Å². The Morgan fingerprint density at radius 1 is 1.44 bits per heavy atom. The predicted molar refractivity (Wildman–Crippen MR) is 67.1 cm³/mol. The molecule has 1 N–H and O–H groups in total. The number of benzene rings is 1. The van der Waals surface area contributed by atoms with Crippen LogP contribution in [0.1, 0.15) is 11.1 Å². The topological polar surface area (TPSA) is 15.3 Å². The van der Waals surface area contributed by atoms with Crippen molar-refractivity contribution in [3.05, 3.63) is 35.4 Å². The molecule has 2 rings (SSSR count). The van der Waals surface area contributed by atoms with Crippen molar-refractivity contribution in [3.63, 3.8) is 0 Å². The molecule has 0 radical (unpaired) electrons. The maximum Gasteiger partial charge on any atom is 0.0596 e. The minimum atomic E-state index is 0.522. The summed E-state index contributed by atoms with van der Waals surface area (Å²) < 4.78 is 0. The molecule has 1 aromatic rings. The average molecular weight is 214 g/mol. The molecule has 0 bridgehead atoms. The lowest BCUT2D eigenvalue weighted by Crippen LogP contribution is -2.43. The lowest BCUT2D eigenvalue weighted by atomic mass is 9.96. The molecule has 0 saturated carbocycles. The number of terminal acetylenes is 1. The highest BCUT2D eigenvalue weighted by molar-refractivity contribution is 5.29. The van der Waals surface area contributed by atoms with Crippen LogP contribution in [0.3, 0.4) is 0 Å². The Hall–Kier alpha value is -1.30. The third kappa shape index (κ3) is 2.63. The Morgan fingerprint density at radius 2 is 2.19 bits per heavy atom. The first-order valence-electron chi connectivity index (χ1n) is 5.72. The second kappa shape index (κ2) is 5.16. The first kappa shape index (κ1) is 11.2. The van der Waals surface area contributed by atoms with Crippen LogP contribution in [-0.4, -0.2) is 31.1 Å². The highest BCUT2D eigenvalue weighted by atomic mass is 15.1. The molecule has 84 valence electrons. The molecular formula is C14H18N2. The van der Waals surface area contributed by atoms with E-state index >= 15 is 0 Å². The number of likely N-dealkylation sites (N-methyl/N-ethyl adjacent to an activating group) is 1. The van der Waals surface area contributed by atoms with E-state index in [4.69, 9.17) is 6.42 Å². The Bertz CT molecular complexity index is 392. The van der Waals surface area contributed by atoms with E-state index in [-0.39, 0.29) is 0 Å². The second-order valence-electron chi connectivity index (χ2n) is 4.45. The van der Waals surface area contributed by atoms with Gasteiger partial charge in [0.15, 0.2) is 0 Å². The number of nitrogens with one attached hydrogen (secondary N) is 1. The fourth-order valence-electron chi connectivity index (χ4n) is 2.25. The summed E-state index contributed by atoms with van der Waals surface area (Å²) in [7, 11) is 2.07. The zero-order valence-corrected chi connectivity index (χ0v) is 9.74. The second-order valence-corrected chi connectivity index (χ2v) is 4.45. The molecule has 0 amide bonds. The van der Waals surface area contributed by atoms with Crippen LogP contribution in [0.2, 0.25) is 0 Å². The van der Waals surface area contributed by atoms with Crippen molar-refractivity contribution in [2.75, 3.05) is 20.1 Å².